The van der Waals surface area contributed by atoms with E-state index in [1.54, 1.807) is 23.2 Å². The van der Waals surface area contributed by atoms with E-state index in [4.69, 9.17) is 10.2 Å². The van der Waals surface area contributed by atoms with Crippen molar-refractivity contribution >= 4 is 11.7 Å². The summed E-state index contributed by atoms with van der Waals surface area (Å²) in [6, 6.07) is 3.43. The van der Waals surface area contributed by atoms with Crippen molar-refractivity contribution in [3.8, 4) is 11.5 Å². The van der Waals surface area contributed by atoms with Crippen molar-refractivity contribution in [3.63, 3.8) is 0 Å². The lowest BCUT2D eigenvalue weighted by atomic mass is 10.3. The standard InChI is InChI=1S/C14H17N5O2/c15-12-3-2-10(8-17-12)13-18-11(9-21-13)14(20)19-6-1-4-16-5-7-19/h2-3,8-9,16H,1,4-7H2,(H2,15,17). The number of nitrogens with zero attached hydrogens (tertiary/aromatic N) is 3. The van der Waals surface area contributed by atoms with Gasteiger partial charge in [0.2, 0.25) is 5.89 Å². The number of carbonyl (C=O) groups is 1. The predicted octanol–water partition coefficient (Wildman–Crippen LogP) is 0.754. The molecule has 0 aliphatic carbocycles. The summed E-state index contributed by atoms with van der Waals surface area (Å²) in [7, 11) is 0. The van der Waals surface area contributed by atoms with Crippen LogP contribution in [0.1, 0.15) is 16.9 Å². The van der Waals surface area contributed by atoms with E-state index < -0.39 is 0 Å². The molecule has 0 bridgehead atoms. The Bertz CT molecular complexity index is 615. The Hall–Kier alpha value is -2.41. The van der Waals surface area contributed by atoms with Crippen molar-refractivity contribution in [2.45, 2.75) is 6.42 Å². The van der Waals surface area contributed by atoms with Crippen LogP contribution >= 0.6 is 0 Å². The molecule has 0 aromatic carbocycles. The summed E-state index contributed by atoms with van der Waals surface area (Å²) in [6.45, 7) is 3.16. The molecule has 21 heavy (non-hydrogen) atoms. The van der Waals surface area contributed by atoms with E-state index in [-0.39, 0.29) is 5.91 Å². The third-order valence-electron chi connectivity index (χ3n) is 3.38. The van der Waals surface area contributed by atoms with Gasteiger partial charge in [0.1, 0.15) is 12.1 Å². The van der Waals surface area contributed by atoms with E-state index in [9.17, 15) is 4.79 Å². The van der Waals surface area contributed by atoms with Crippen LogP contribution in [0.25, 0.3) is 11.5 Å². The Morgan fingerprint density at radius 1 is 1.33 bits per heavy atom. The summed E-state index contributed by atoms with van der Waals surface area (Å²) in [5.74, 6) is 0.703. The molecule has 1 aliphatic rings. The number of carbonyl (C=O) groups excluding carboxylic acids is 1. The lowest BCUT2D eigenvalue weighted by Gasteiger charge is -2.18. The molecule has 1 fully saturated rings. The molecule has 1 aliphatic heterocycles. The second kappa shape index (κ2) is 5.92. The van der Waals surface area contributed by atoms with Gasteiger partial charge in [-0.2, -0.15) is 0 Å². The molecule has 0 atom stereocenters. The first kappa shape index (κ1) is 13.6. The lowest BCUT2D eigenvalue weighted by Crippen LogP contribution is -2.34. The van der Waals surface area contributed by atoms with E-state index in [1.165, 1.54) is 6.26 Å². The lowest BCUT2D eigenvalue weighted by molar-refractivity contribution is 0.0760. The summed E-state index contributed by atoms with van der Waals surface area (Å²) in [5, 5.41) is 3.26. The first-order valence-electron chi connectivity index (χ1n) is 6.91. The number of nitrogens with two attached hydrogens (primary N) is 1. The molecule has 2 aromatic heterocycles. The molecule has 1 saturated heterocycles. The average Bonchev–Trinajstić information content (AvgIpc) is 2.83. The zero-order valence-corrected chi connectivity index (χ0v) is 11.6. The van der Waals surface area contributed by atoms with E-state index in [2.05, 4.69) is 15.3 Å². The fourth-order valence-corrected chi connectivity index (χ4v) is 2.25. The Morgan fingerprint density at radius 2 is 2.24 bits per heavy atom. The van der Waals surface area contributed by atoms with Gasteiger partial charge in [-0.25, -0.2) is 9.97 Å². The topological polar surface area (TPSA) is 97.3 Å². The molecule has 3 rings (SSSR count). The number of hydrogen-bond donors (Lipinski definition) is 2. The summed E-state index contributed by atoms with van der Waals surface area (Å²) >= 11 is 0. The van der Waals surface area contributed by atoms with E-state index in [0.717, 1.165) is 26.1 Å². The highest BCUT2D eigenvalue weighted by Crippen LogP contribution is 2.19. The molecule has 0 spiro atoms. The van der Waals surface area contributed by atoms with Crippen LogP contribution in [0.5, 0.6) is 0 Å². The number of rotatable bonds is 2. The number of hydrogen-bond acceptors (Lipinski definition) is 6. The molecular formula is C14H17N5O2. The minimum absolute atomic E-state index is 0.0999. The van der Waals surface area contributed by atoms with Gasteiger partial charge in [-0.3, -0.25) is 4.79 Å². The van der Waals surface area contributed by atoms with Crippen molar-refractivity contribution in [2.75, 3.05) is 31.9 Å². The Kier molecular flexibility index (Phi) is 3.83. The predicted molar refractivity (Wildman–Crippen MR) is 77.5 cm³/mol. The molecule has 3 N–H and O–H groups in total. The summed E-state index contributed by atoms with van der Waals surface area (Å²) in [5.41, 5.74) is 6.56. The fourth-order valence-electron chi connectivity index (χ4n) is 2.25. The Balaban J connectivity index is 1.77. The van der Waals surface area contributed by atoms with Crippen LogP contribution in [0, 0.1) is 0 Å². The maximum absolute atomic E-state index is 12.4. The first-order chi connectivity index (χ1) is 10.2. The van der Waals surface area contributed by atoms with E-state index in [1.807, 2.05) is 0 Å². The van der Waals surface area contributed by atoms with Crippen LogP contribution in [-0.4, -0.2) is 47.0 Å². The van der Waals surface area contributed by atoms with Gasteiger partial charge in [-0.15, -0.1) is 0 Å². The largest absolute Gasteiger partial charge is 0.444 e. The highest BCUT2D eigenvalue weighted by Gasteiger charge is 2.21. The second-order valence-corrected chi connectivity index (χ2v) is 4.91. The average molecular weight is 287 g/mol. The molecule has 7 nitrogen and oxygen atoms in total. The van der Waals surface area contributed by atoms with Crippen molar-refractivity contribution in [1.82, 2.24) is 20.2 Å². The van der Waals surface area contributed by atoms with Crippen LogP contribution in [0.15, 0.2) is 29.0 Å². The number of anilines is 1. The van der Waals surface area contributed by atoms with Crippen LogP contribution in [0.4, 0.5) is 5.82 Å². The van der Waals surface area contributed by atoms with Gasteiger partial charge in [-0.05, 0) is 25.1 Å². The van der Waals surface area contributed by atoms with Crippen LogP contribution in [-0.2, 0) is 0 Å². The van der Waals surface area contributed by atoms with Crippen LogP contribution < -0.4 is 11.1 Å². The Labute approximate surface area is 122 Å². The van der Waals surface area contributed by atoms with Gasteiger partial charge in [0.25, 0.3) is 5.91 Å². The van der Waals surface area contributed by atoms with Crippen LogP contribution in [0.2, 0.25) is 0 Å². The van der Waals surface area contributed by atoms with Crippen molar-refractivity contribution in [1.29, 1.82) is 0 Å². The molecule has 0 radical (unpaired) electrons. The highest BCUT2D eigenvalue weighted by atomic mass is 16.3. The summed E-state index contributed by atoms with van der Waals surface area (Å²) in [4.78, 5) is 22.4. The number of oxazole rings is 1. The maximum Gasteiger partial charge on any atom is 0.275 e. The van der Waals surface area contributed by atoms with Crippen molar-refractivity contribution in [2.24, 2.45) is 0 Å². The number of nitrogens with one attached hydrogen (secondary N) is 1. The molecule has 7 heteroatoms. The monoisotopic (exact) mass is 287 g/mol. The first-order valence-corrected chi connectivity index (χ1v) is 6.91. The second-order valence-electron chi connectivity index (χ2n) is 4.91. The molecule has 3 heterocycles. The molecule has 2 aromatic rings. The van der Waals surface area contributed by atoms with Gasteiger partial charge in [0, 0.05) is 25.8 Å². The third-order valence-corrected chi connectivity index (χ3v) is 3.38. The van der Waals surface area contributed by atoms with Gasteiger partial charge < -0.3 is 20.4 Å². The van der Waals surface area contributed by atoms with Crippen LogP contribution in [0.3, 0.4) is 0 Å². The quantitative estimate of drug-likeness (QED) is 0.846. The van der Waals surface area contributed by atoms with E-state index in [0.29, 0.717) is 29.5 Å². The summed E-state index contributed by atoms with van der Waals surface area (Å²) in [6.07, 6.45) is 3.91. The van der Waals surface area contributed by atoms with Gasteiger partial charge >= 0.3 is 0 Å². The molecule has 0 saturated carbocycles. The minimum atomic E-state index is -0.0999. The normalized spacial score (nSPS) is 15.7. The third kappa shape index (κ3) is 3.03. The number of nitrogen functional groups attached to an aromatic ring is 1. The molecule has 0 unspecified atom stereocenters. The zero-order chi connectivity index (χ0) is 14.7. The van der Waals surface area contributed by atoms with Gasteiger partial charge in [0.15, 0.2) is 5.69 Å². The number of aromatic nitrogens is 2. The molecular weight excluding hydrogens is 270 g/mol. The van der Waals surface area contributed by atoms with Gasteiger partial charge in [-0.1, -0.05) is 0 Å². The number of amides is 1. The fraction of sp³-hybridized carbons (Fsp3) is 0.357. The smallest absolute Gasteiger partial charge is 0.275 e. The maximum atomic E-state index is 12.4. The van der Waals surface area contributed by atoms with Crippen molar-refractivity contribution in [3.05, 3.63) is 30.3 Å². The summed E-state index contributed by atoms with van der Waals surface area (Å²) < 4.78 is 5.38. The molecule has 110 valence electrons. The van der Waals surface area contributed by atoms with Gasteiger partial charge in [0.05, 0.1) is 5.56 Å². The SMILES string of the molecule is Nc1ccc(-c2nc(C(=O)N3CCCNCC3)co2)cn1. The number of pyridine rings is 1. The van der Waals surface area contributed by atoms with Crippen molar-refractivity contribution < 1.29 is 9.21 Å². The highest BCUT2D eigenvalue weighted by molar-refractivity contribution is 5.92. The minimum Gasteiger partial charge on any atom is -0.444 e. The zero-order valence-electron chi connectivity index (χ0n) is 11.6. The molecule has 1 amide bonds. The Morgan fingerprint density at radius 3 is 3.05 bits per heavy atom. The van der Waals surface area contributed by atoms with E-state index >= 15 is 0 Å².